The Morgan fingerprint density at radius 1 is 1.00 bits per heavy atom. The molecule has 4 rings (SSSR count). The Bertz CT molecular complexity index is 1130. The van der Waals surface area contributed by atoms with Gasteiger partial charge in [0.05, 0.1) is 5.60 Å². The quantitative estimate of drug-likeness (QED) is 0.213. The zero-order valence-corrected chi connectivity index (χ0v) is 29.9. The van der Waals surface area contributed by atoms with E-state index in [1.165, 1.54) is 19.4 Å². The van der Waals surface area contributed by atoms with E-state index in [4.69, 9.17) is 14.6 Å². The van der Waals surface area contributed by atoms with Crippen LogP contribution < -0.4 is 0 Å². The predicted molar refractivity (Wildman–Crippen MR) is 174 cm³/mol. The number of ether oxygens (including phenoxy) is 2. The molecular weight excluding hydrogens is 572 g/mol. The minimum atomic E-state index is -1.31. The van der Waals surface area contributed by atoms with E-state index in [2.05, 4.69) is 40.7 Å². The van der Waals surface area contributed by atoms with Crippen LogP contribution in [-0.4, -0.2) is 63.6 Å². The van der Waals surface area contributed by atoms with Crippen LogP contribution in [-0.2, 0) is 23.9 Å². The minimum absolute atomic E-state index is 0.0597. The van der Waals surface area contributed by atoms with Gasteiger partial charge in [0.25, 0.3) is 0 Å². The summed E-state index contributed by atoms with van der Waals surface area (Å²) in [6.07, 6.45) is 7.21. The second kappa shape index (κ2) is 13.4. The Kier molecular flexibility index (Phi) is 11.2. The van der Waals surface area contributed by atoms with Crippen LogP contribution in [0.15, 0.2) is 11.6 Å². The molecule has 0 aromatic carbocycles. The summed E-state index contributed by atoms with van der Waals surface area (Å²) in [5.74, 6) is 0.189. The number of Topliss-reactive ketones (excluding diaryl/α,β-unsaturated/α-hetero) is 1. The summed E-state index contributed by atoms with van der Waals surface area (Å²) in [6, 6.07) is 0. The number of ketones is 1. The first-order valence-corrected chi connectivity index (χ1v) is 17.2. The maximum absolute atomic E-state index is 12.9. The summed E-state index contributed by atoms with van der Waals surface area (Å²) in [5, 5.41) is 30.1. The molecule has 0 amide bonds. The van der Waals surface area contributed by atoms with Crippen molar-refractivity contribution >= 4 is 17.7 Å². The van der Waals surface area contributed by atoms with E-state index < -0.39 is 35.2 Å². The number of hydrogen-bond acceptors (Lipinski definition) is 8. The minimum Gasteiger partial charge on any atom is -0.462 e. The summed E-state index contributed by atoms with van der Waals surface area (Å²) in [7, 11) is 0. The average molecular weight is 635 g/mol. The summed E-state index contributed by atoms with van der Waals surface area (Å²) in [6.45, 7) is 20.5. The van der Waals surface area contributed by atoms with E-state index in [0.717, 1.165) is 38.5 Å². The standard InChI is InChI=1S/C34H54O7.C3H8O/c1-20(26(40-21(2)36)18-29(31(6,7)39)41-22(3)37)23-14-15-33(9)27-12-10-24-25(11-13-28(38)30(24,4)5)32(27,8)16-17-34(23,33)19-35;1-3(2)4/h10,20,23,25-27,29,35,39H,11-19H2,1-9H3;3-4H,1-2H3/t20-,23+,25+,26+,27+,29+,32-,33-,34-;/m0./s1. The van der Waals surface area contributed by atoms with Crippen LogP contribution >= 0.6 is 0 Å². The first kappa shape index (κ1) is 37.7. The van der Waals surface area contributed by atoms with Crippen molar-refractivity contribution in [2.24, 2.45) is 45.3 Å². The summed E-state index contributed by atoms with van der Waals surface area (Å²) in [5.41, 5.74) is -0.791. The van der Waals surface area contributed by atoms with Gasteiger partial charge in [0, 0.05) is 50.2 Å². The van der Waals surface area contributed by atoms with Gasteiger partial charge in [-0.3, -0.25) is 14.4 Å². The third-order valence-corrected chi connectivity index (χ3v) is 12.7. The van der Waals surface area contributed by atoms with Gasteiger partial charge in [0.1, 0.15) is 18.0 Å². The van der Waals surface area contributed by atoms with Crippen LogP contribution in [0.3, 0.4) is 0 Å². The third kappa shape index (κ3) is 6.94. The van der Waals surface area contributed by atoms with Crippen molar-refractivity contribution in [3.8, 4) is 0 Å². The van der Waals surface area contributed by atoms with E-state index in [1.54, 1.807) is 27.7 Å². The molecule has 258 valence electrons. The van der Waals surface area contributed by atoms with Gasteiger partial charge in [0.15, 0.2) is 0 Å². The van der Waals surface area contributed by atoms with Gasteiger partial charge < -0.3 is 24.8 Å². The van der Waals surface area contributed by atoms with E-state index in [0.29, 0.717) is 24.0 Å². The van der Waals surface area contributed by atoms with E-state index in [1.807, 2.05) is 0 Å². The molecule has 3 saturated carbocycles. The van der Waals surface area contributed by atoms with Gasteiger partial charge in [-0.25, -0.2) is 0 Å². The molecule has 0 aliphatic heterocycles. The van der Waals surface area contributed by atoms with Crippen LogP contribution in [0.1, 0.15) is 128 Å². The largest absolute Gasteiger partial charge is 0.462 e. The lowest BCUT2D eigenvalue weighted by atomic mass is 9.39. The molecular formula is C37H62O8. The molecule has 4 aliphatic carbocycles. The zero-order chi connectivity index (χ0) is 34.3. The molecule has 0 aromatic rings. The maximum Gasteiger partial charge on any atom is 0.303 e. The predicted octanol–water partition coefficient (Wildman–Crippen LogP) is 6.18. The van der Waals surface area contributed by atoms with Gasteiger partial charge >= 0.3 is 11.9 Å². The summed E-state index contributed by atoms with van der Waals surface area (Å²) >= 11 is 0. The number of aliphatic hydroxyl groups is 3. The number of hydrogen-bond donors (Lipinski definition) is 3. The molecule has 0 aromatic heterocycles. The summed E-state index contributed by atoms with van der Waals surface area (Å²) in [4.78, 5) is 37.1. The Hall–Kier alpha value is -1.77. The highest BCUT2D eigenvalue weighted by molar-refractivity contribution is 5.88. The number of allylic oxidation sites excluding steroid dienone is 2. The number of fused-ring (bicyclic) bond motifs is 5. The number of carbonyl (C=O) groups is 3. The number of aliphatic hydroxyl groups excluding tert-OH is 2. The maximum atomic E-state index is 12.9. The fourth-order valence-electron chi connectivity index (χ4n) is 10.3. The molecule has 0 unspecified atom stereocenters. The number of esters is 2. The average Bonchev–Trinajstić information content (AvgIpc) is 3.21. The lowest BCUT2D eigenvalue weighted by Gasteiger charge is -2.66. The lowest BCUT2D eigenvalue weighted by molar-refractivity contribution is -0.182. The Morgan fingerprint density at radius 3 is 2.09 bits per heavy atom. The van der Waals surface area contributed by atoms with E-state index >= 15 is 0 Å². The first-order chi connectivity index (χ1) is 20.6. The van der Waals surface area contributed by atoms with E-state index in [9.17, 15) is 24.6 Å². The molecule has 4 aliphatic rings. The zero-order valence-electron chi connectivity index (χ0n) is 29.9. The van der Waals surface area contributed by atoms with Gasteiger partial charge in [-0.2, -0.15) is 0 Å². The molecule has 3 N–H and O–H groups in total. The van der Waals surface area contributed by atoms with Crippen molar-refractivity contribution in [3.63, 3.8) is 0 Å². The lowest BCUT2D eigenvalue weighted by Crippen LogP contribution is -2.61. The van der Waals surface area contributed by atoms with Crippen LogP contribution in [0.4, 0.5) is 0 Å². The first-order valence-electron chi connectivity index (χ1n) is 17.2. The van der Waals surface area contributed by atoms with Gasteiger partial charge in [0.2, 0.25) is 0 Å². The topological polar surface area (TPSA) is 130 Å². The molecule has 45 heavy (non-hydrogen) atoms. The fraction of sp³-hybridized carbons (Fsp3) is 0.865. The van der Waals surface area contributed by atoms with E-state index in [-0.39, 0.29) is 47.2 Å². The monoisotopic (exact) mass is 634 g/mol. The highest BCUT2D eigenvalue weighted by atomic mass is 16.6. The molecule has 8 nitrogen and oxygen atoms in total. The van der Waals surface area contributed by atoms with Crippen molar-refractivity contribution in [1.29, 1.82) is 0 Å². The molecule has 0 spiro atoms. The number of rotatable bonds is 8. The Labute approximate surface area is 271 Å². The van der Waals surface area contributed by atoms with Crippen LogP contribution in [0, 0.1) is 45.3 Å². The summed E-state index contributed by atoms with van der Waals surface area (Å²) < 4.78 is 11.4. The van der Waals surface area contributed by atoms with Crippen molar-refractivity contribution in [1.82, 2.24) is 0 Å². The number of carbonyl (C=O) groups excluding carboxylic acids is 3. The van der Waals surface area contributed by atoms with Gasteiger partial charge in [-0.1, -0.05) is 32.4 Å². The van der Waals surface area contributed by atoms with Crippen LogP contribution in [0.5, 0.6) is 0 Å². The second-order valence-corrected chi connectivity index (χ2v) is 16.6. The normalized spacial score (nSPS) is 35.8. The molecule has 0 radical (unpaired) electrons. The van der Waals surface area contributed by atoms with Crippen molar-refractivity contribution < 1.29 is 39.2 Å². The Morgan fingerprint density at radius 2 is 1.58 bits per heavy atom. The van der Waals surface area contributed by atoms with Crippen molar-refractivity contribution in [2.45, 2.75) is 151 Å². The molecule has 8 heteroatoms. The smallest absolute Gasteiger partial charge is 0.303 e. The molecule has 0 saturated heterocycles. The highest BCUT2D eigenvalue weighted by Crippen LogP contribution is 2.74. The molecule has 9 atom stereocenters. The Balaban J connectivity index is 0.00000130. The SMILES string of the molecule is CC(=O)O[C@H](C[C@@H](OC(C)=O)C(C)(C)O)[C@@H](C)[C@H]1CC[C@@]2(C)[C@@H]3CC=C4[C@@H](CCC(=O)C4(C)C)[C@]3(C)CC[C@]12CO.CC(C)O. The second-order valence-electron chi connectivity index (χ2n) is 16.6. The molecule has 0 bridgehead atoms. The highest BCUT2D eigenvalue weighted by Gasteiger charge is 2.69. The van der Waals surface area contributed by atoms with Crippen LogP contribution in [0.25, 0.3) is 0 Å². The van der Waals surface area contributed by atoms with Gasteiger partial charge in [-0.05, 0) is 115 Å². The fourth-order valence-corrected chi connectivity index (χ4v) is 10.3. The molecule has 0 heterocycles. The van der Waals surface area contributed by atoms with Crippen LogP contribution in [0.2, 0.25) is 0 Å². The van der Waals surface area contributed by atoms with Gasteiger partial charge in [-0.15, -0.1) is 0 Å². The third-order valence-electron chi connectivity index (χ3n) is 12.7. The van der Waals surface area contributed by atoms with Crippen molar-refractivity contribution in [3.05, 3.63) is 11.6 Å². The van der Waals surface area contributed by atoms with Crippen molar-refractivity contribution in [2.75, 3.05) is 6.61 Å². The molecule has 3 fully saturated rings.